The Morgan fingerprint density at radius 1 is 1.31 bits per heavy atom. The van der Waals surface area contributed by atoms with Crippen molar-refractivity contribution < 1.29 is 0 Å². The molecule has 2 rings (SSSR count). The Balaban J connectivity index is 1.73. The summed E-state index contributed by atoms with van der Waals surface area (Å²) in [5.74, 6) is 0.923. The molecule has 3 nitrogen and oxygen atoms in total. The minimum absolute atomic E-state index is 0.783. The van der Waals surface area contributed by atoms with Crippen molar-refractivity contribution in [1.82, 2.24) is 10.2 Å². The third-order valence-corrected chi connectivity index (χ3v) is 3.42. The van der Waals surface area contributed by atoms with Crippen molar-refractivity contribution in [2.75, 3.05) is 32.7 Å². The first-order chi connectivity index (χ1) is 6.40. The van der Waals surface area contributed by atoms with Crippen molar-refractivity contribution in [3.05, 3.63) is 0 Å². The van der Waals surface area contributed by atoms with Gasteiger partial charge in [-0.3, -0.25) is 0 Å². The Morgan fingerprint density at radius 3 is 3.00 bits per heavy atom. The highest BCUT2D eigenvalue weighted by atomic mass is 15.2. The Bertz CT molecular complexity index is 160. The molecule has 2 saturated heterocycles. The molecule has 3 unspecified atom stereocenters. The first-order valence-electron chi connectivity index (χ1n) is 5.56. The maximum atomic E-state index is 5.47. The van der Waals surface area contributed by atoms with Crippen LogP contribution in [0.5, 0.6) is 0 Å². The second-order valence-electron chi connectivity index (χ2n) is 4.34. The van der Waals surface area contributed by atoms with Gasteiger partial charge in [-0.05, 0) is 51.4 Å². The number of nitrogens with two attached hydrogens (primary N) is 1. The summed E-state index contributed by atoms with van der Waals surface area (Å²) in [6.07, 6.45) is 3.86. The highest BCUT2D eigenvalue weighted by Crippen LogP contribution is 2.26. The average molecular weight is 183 g/mol. The van der Waals surface area contributed by atoms with E-state index in [1.807, 2.05) is 0 Å². The van der Waals surface area contributed by atoms with Gasteiger partial charge in [-0.1, -0.05) is 0 Å². The first-order valence-corrected chi connectivity index (χ1v) is 5.56. The van der Waals surface area contributed by atoms with Gasteiger partial charge in [0, 0.05) is 12.6 Å². The lowest BCUT2D eigenvalue weighted by Gasteiger charge is -2.31. The maximum absolute atomic E-state index is 5.47. The largest absolute Gasteiger partial charge is 0.330 e. The molecule has 3 heteroatoms. The van der Waals surface area contributed by atoms with Crippen LogP contribution in [0.2, 0.25) is 0 Å². The zero-order valence-electron chi connectivity index (χ0n) is 8.34. The van der Waals surface area contributed by atoms with Crippen molar-refractivity contribution in [2.45, 2.75) is 25.3 Å². The zero-order valence-corrected chi connectivity index (χ0v) is 8.34. The van der Waals surface area contributed by atoms with Crippen molar-refractivity contribution in [3.8, 4) is 0 Å². The molecule has 0 aromatic carbocycles. The van der Waals surface area contributed by atoms with E-state index in [-0.39, 0.29) is 0 Å². The third kappa shape index (κ3) is 2.22. The van der Waals surface area contributed by atoms with Crippen molar-refractivity contribution >= 4 is 0 Å². The van der Waals surface area contributed by atoms with E-state index in [1.165, 1.54) is 32.5 Å². The number of hydrogen-bond acceptors (Lipinski definition) is 3. The van der Waals surface area contributed by atoms with E-state index in [2.05, 4.69) is 10.2 Å². The molecule has 0 aromatic rings. The molecular formula is C10H21N3. The number of piperidine rings is 1. The molecule has 3 N–H and O–H groups in total. The summed E-state index contributed by atoms with van der Waals surface area (Å²) in [7, 11) is 0. The topological polar surface area (TPSA) is 41.3 Å². The molecule has 2 bridgehead atoms. The number of hydrogen-bond donors (Lipinski definition) is 2. The number of nitrogens with one attached hydrogen (secondary N) is 1. The van der Waals surface area contributed by atoms with Crippen LogP contribution < -0.4 is 11.1 Å². The van der Waals surface area contributed by atoms with Gasteiger partial charge in [-0.25, -0.2) is 0 Å². The van der Waals surface area contributed by atoms with Gasteiger partial charge in [0.05, 0.1) is 0 Å². The molecule has 13 heavy (non-hydrogen) atoms. The molecule has 2 fully saturated rings. The van der Waals surface area contributed by atoms with E-state index in [4.69, 9.17) is 5.73 Å². The van der Waals surface area contributed by atoms with E-state index in [1.54, 1.807) is 0 Å². The van der Waals surface area contributed by atoms with Gasteiger partial charge < -0.3 is 16.0 Å². The molecule has 2 aliphatic heterocycles. The highest BCUT2D eigenvalue weighted by molar-refractivity contribution is 4.90. The minimum atomic E-state index is 0.783. The zero-order chi connectivity index (χ0) is 9.10. The van der Waals surface area contributed by atoms with Gasteiger partial charge in [0.2, 0.25) is 0 Å². The molecule has 2 aliphatic rings. The lowest BCUT2D eigenvalue weighted by Crippen LogP contribution is -2.44. The van der Waals surface area contributed by atoms with Crippen molar-refractivity contribution in [2.24, 2.45) is 11.7 Å². The fraction of sp³-hybridized carbons (Fsp3) is 1.00. The number of rotatable bonds is 4. The molecule has 0 radical (unpaired) electrons. The molecule has 2 heterocycles. The Labute approximate surface area is 80.7 Å². The van der Waals surface area contributed by atoms with Crippen LogP contribution in [0.3, 0.4) is 0 Å². The van der Waals surface area contributed by atoms with Gasteiger partial charge in [0.1, 0.15) is 0 Å². The fourth-order valence-electron chi connectivity index (χ4n) is 2.61. The standard InChI is InChI=1S/C10H21N3/c11-4-1-5-12-10-3-7-13-6-2-9(10)8-13/h9-10,12H,1-8,11H2. The molecule has 0 aliphatic carbocycles. The van der Waals surface area contributed by atoms with Crippen LogP contribution in [-0.4, -0.2) is 43.7 Å². The van der Waals surface area contributed by atoms with Crippen LogP contribution in [0.25, 0.3) is 0 Å². The highest BCUT2D eigenvalue weighted by Gasteiger charge is 2.33. The van der Waals surface area contributed by atoms with Gasteiger partial charge in [-0.2, -0.15) is 0 Å². The monoisotopic (exact) mass is 183 g/mol. The normalized spacial score (nSPS) is 38.1. The van der Waals surface area contributed by atoms with Crippen LogP contribution in [0.15, 0.2) is 0 Å². The van der Waals surface area contributed by atoms with Crippen LogP contribution in [0.1, 0.15) is 19.3 Å². The number of nitrogens with zero attached hydrogens (tertiary/aromatic N) is 1. The average Bonchev–Trinajstić information content (AvgIpc) is 2.53. The summed E-state index contributed by atoms with van der Waals surface area (Å²) < 4.78 is 0. The first kappa shape index (κ1) is 9.44. The van der Waals surface area contributed by atoms with Gasteiger partial charge in [0.15, 0.2) is 0 Å². The van der Waals surface area contributed by atoms with Gasteiger partial charge in [0.25, 0.3) is 0 Å². The number of fused-ring (bicyclic) bond motifs is 2. The minimum Gasteiger partial charge on any atom is -0.330 e. The third-order valence-electron chi connectivity index (χ3n) is 3.42. The maximum Gasteiger partial charge on any atom is 0.0120 e. The van der Waals surface area contributed by atoms with E-state index >= 15 is 0 Å². The Kier molecular flexibility index (Phi) is 3.19. The molecular weight excluding hydrogens is 162 g/mol. The molecule has 0 spiro atoms. The predicted octanol–water partition coefficient (Wildman–Crippen LogP) is 0.0190. The quantitative estimate of drug-likeness (QED) is 0.604. The molecule has 0 saturated carbocycles. The summed E-state index contributed by atoms with van der Waals surface area (Å²) in [6.45, 7) is 5.89. The Hall–Kier alpha value is -0.120. The second kappa shape index (κ2) is 4.40. The SMILES string of the molecule is NCCCNC1CCN2CCC1C2. The lowest BCUT2D eigenvalue weighted by atomic mass is 9.94. The van der Waals surface area contributed by atoms with E-state index < -0.39 is 0 Å². The molecule has 3 atom stereocenters. The van der Waals surface area contributed by atoms with Crippen LogP contribution >= 0.6 is 0 Å². The summed E-state index contributed by atoms with van der Waals surface area (Å²) in [5.41, 5.74) is 5.47. The molecule has 0 aromatic heterocycles. The fourth-order valence-corrected chi connectivity index (χ4v) is 2.61. The summed E-state index contributed by atoms with van der Waals surface area (Å²) in [6, 6.07) is 0.783. The van der Waals surface area contributed by atoms with E-state index in [0.717, 1.165) is 31.5 Å². The lowest BCUT2D eigenvalue weighted by molar-refractivity contribution is 0.221. The smallest absolute Gasteiger partial charge is 0.0120 e. The van der Waals surface area contributed by atoms with E-state index in [9.17, 15) is 0 Å². The van der Waals surface area contributed by atoms with Gasteiger partial charge in [-0.15, -0.1) is 0 Å². The van der Waals surface area contributed by atoms with Gasteiger partial charge >= 0.3 is 0 Å². The van der Waals surface area contributed by atoms with Crippen LogP contribution in [0, 0.1) is 5.92 Å². The Morgan fingerprint density at radius 2 is 2.15 bits per heavy atom. The van der Waals surface area contributed by atoms with E-state index in [0.29, 0.717) is 0 Å². The summed E-state index contributed by atoms with van der Waals surface area (Å²) >= 11 is 0. The second-order valence-corrected chi connectivity index (χ2v) is 4.34. The van der Waals surface area contributed by atoms with Crippen LogP contribution in [0.4, 0.5) is 0 Å². The predicted molar refractivity (Wildman–Crippen MR) is 54.6 cm³/mol. The van der Waals surface area contributed by atoms with Crippen molar-refractivity contribution in [3.63, 3.8) is 0 Å². The summed E-state index contributed by atoms with van der Waals surface area (Å²) in [5, 5.41) is 3.64. The molecule has 76 valence electrons. The molecule has 0 amide bonds. The van der Waals surface area contributed by atoms with Crippen molar-refractivity contribution in [1.29, 1.82) is 0 Å². The van der Waals surface area contributed by atoms with Crippen LogP contribution in [-0.2, 0) is 0 Å². The summed E-state index contributed by atoms with van der Waals surface area (Å²) in [4.78, 5) is 2.59.